The van der Waals surface area contributed by atoms with Gasteiger partial charge in [-0.15, -0.1) is 0 Å². The van der Waals surface area contributed by atoms with Crippen molar-refractivity contribution in [1.82, 2.24) is 0 Å². The lowest BCUT2D eigenvalue weighted by Gasteiger charge is -2.14. The van der Waals surface area contributed by atoms with Crippen molar-refractivity contribution in [2.75, 3.05) is 13.7 Å². The molecular formula is C13H19NO3. The van der Waals surface area contributed by atoms with E-state index in [9.17, 15) is 5.11 Å². The normalized spacial score (nSPS) is 16.6. The van der Waals surface area contributed by atoms with Crippen LogP contribution >= 0.6 is 0 Å². The van der Waals surface area contributed by atoms with Gasteiger partial charge in [-0.2, -0.15) is 0 Å². The highest BCUT2D eigenvalue weighted by molar-refractivity contribution is 5.53. The molecule has 94 valence electrons. The first-order chi connectivity index (χ1) is 8.08. The molecule has 2 rings (SSSR count). The highest BCUT2D eigenvalue weighted by Gasteiger charge is 2.38. The molecule has 0 radical (unpaired) electrons. The third kappa shape index (κ3) is 2.64. The number of phenols is 1. The molecule has 1 saturated carbocycles. The van der Waals surface area contributed by atoms with E-state index in [1.165, 1.54) is 7.11 Å². The molecule has 0 saturated heterocycles. The molecule has 0 amide bonds. The predicted octanol–water partition coefficient (Wildman–Crippen LogP) is 1.83. The fourth-order valence-electron chi connectivity index (χ4n) is 1.96. The van der Waals surface area contributed by atoms with Gasteiger partial charge in [0.25, 0.3) is 0 Å². The maximum absolute atomic E-state index is 9.87. The Morgan fingerprint density at radius 3 is 2.65 bits per heavy atom. The first kappa shape index (κ1) is 12.0. The highest BCUT2D eigenvalue weighted by Crippen LogP contribution is 2.41. The summed E-state index contributed by atoms with van der Waals surface area (Å²) in [6.45, 7) is 2.43. The Labute approximate surface area is 101 Å². The third-order valence-electron chi connectivity index (χ3n) is 3.05. The summed E-state index contributed by atoms with van der Waals surface area (Å²) in [4.78, 5) is 0. The molecule has 1 aliphatic rings. The molecule has 1 aliphatic carbocycles. The zero-order chi connectivity index (χ0) is 12.5. The van der Waals surface area contributed by atoms with Crippen molar-refractivity contribution in [2.24, 2.45) is 5.73 Å². The van der Waals surface area contributed by atoms with E-state index in [0.717, 1.165) is 24.8 Å². The van der Waals surface area contributed by atoms with Gasteiger partial charge in [-0.25, -0.2) is 0 Å². The average Bonchev–Trinajstić information content (AvgIpc) is 2.96. The molecule has 0 aliphatic heterocycles. The van der Waals surface area contributed by atoms with Gasteiger partial charge in [-0.05, 0) is 43.9 Å². The molecule has 0 atom stereocenters. The molecule has 0 bridgehead atoms. The molecule has 0 unspecified atom stereocenters. The molecule has 3 N–H and O–H groups in total. The number of ether oxygens (including phenoxy) is 2. The molecular weight excluding hydrogens is 218 g/mol. The summed E-state index contributed by atoms with van der Waals surface area (Å²) in [6.07, 6.45) is 2.86. The lowest BCUT2D eigenvalue weighted by molar-refractivity contribution is 0.299. The van der Waals surface area contributed by atoms with Crippen LogP contribution in [0.4, 0.5) is 0 Å². The summed E-state index contributed by atoms with van der Waals surface area (Å²) in [5.74, 6) is 1.07. The molecule has 1 aromatic carbocycles. The van der Waals surface area contributed by atoms with Crippen molar-refractivity contribution in [2.45, 2.75) is 31.7 Å². The van der Waals surface area contributed by atoms with Crippen LogP contribution in [-0.2, 0) is 6.42 Å². The van der Waals surface area contributed by atoms with E-state index in [1.807, 2.05) is 13.0 Å². The van der Waals surface area contributed by atoms with E-state index in [4.69, 9.17) is 15.2 Å². The van der Waals surface area contributed by atoms with E-state index in [0.29, 0.717) is 18.1 Å². The van der Waals surface area contributed by atoms with Gasteiger partial charge in [0, 0.05) is 5.54 Å². The van der Waals surface area contributed by atoms with Gasteiger partial charge < -0.3 is 20.3 Å². The highest BCUT2D eigenvalue weighted by atomic mass is 16.5. The lowest BCUT2D eigenvalue weighted by atomic mass is 10.0. The van der Waals surface area contributed by atoms with Crippen molar-refractivity contribution < 1.29 is 14.6 Å². The summed E-state index contributed by atoms with van der Waals surface area (Å²) in [6, 6.07) is 3.60. The summed E-state index contributed by atoms with van der Waals surface area (Å²) in [7, 11) is 1.52. The SMILES string of the molecule is CCOc1cc(CC2(N)CC2)cc(O)c1OC. The average molecular weight is 237 g/mol. The van der Waals surface area contributed by atoms with Crippen molar-refractivity contribution in [3.05, 3.63) is 17.7 Å². The summed E-state index contributed by atoms with van der Waals surface area (Å²) < 4.78 is 10.6. The number of hydrogen-bond acceptors (Lipinski definition) is 4. The number of benzene rings is 1. The first-order valence-corrected chi connectivity index (χ1v) is 5.89. The number of methoxy groups -OCH3 is 1. The summed E-state index contributed by atoms with van der Waals surface area (Å²) in [5.41, 5.74) is 6.98. The topological polar surface area (TPSA) is 64.7 Å². The summed E-state index contributed by atoms with van der Waals surface area (Å²) in [5, 5.41) is 9.87. The van der Waals surface area contributed by atoms with E-state index >= 15 is 0 Å². The second-order valence-corrected chi connectivity index (χ2v) is 4.62. The Bertz CT molecular complexity index is 413. The predicted molar refractivity (Wildman–Crippen MR) is 65.7 cm³/mol. The molecule has 4 nitrogen and oxygen atoms in total. The Morgan fingerprint density at radius 2 is 2.12 bits per heavy atom. The molecule has 0 heterocycles. The minimum Gasteiger partial charge on any atom is -0.504 e. The Morgan fingerprint density at radius 1 is 1.41 bits per heavy atom. The number of hydrogen-bond donors (Lipinski definition) is 2. The molecule has 4 heteroatoms. The van der Waals surface area contributed by atoms with Gasteiger partial charge in [0.05, 0.1) is 13.7 Å². The van der Waals surface area contributed by atoms with Crippen LogP contribution in [-0.4, -0.2) is 24.4 Å². The number of aromatic hydroxyl groups is 1. The molecule has 0 spiro atoms. The second-order valence-electron chi connectivity index (χ2n) is 4.62. The van der Waals surface area contributed by atoms with Crippen LogP contribution in [0.3, 0.4) is 0 Å². The molecule has 1 aromatic rings. The lowest BCUT2D eigenvalue weighted by Crippen LogP contribution is -2.24. The monoisotopic (exact) mass is 237 g/mol. The minimum atomic E-state index is -0.0789. The second kappa shape index (κ2) is 4.45. The van der Waals surface area contributed by atoms with Gasteiger partial charge in [-0.3, -0.25) is 0 Å². The van der Waals surface area contributed by atoms with E-state index < -0.39 is 0 Å². The Balaban J connectivity index is 2.28. The Kier molecular flexibility index (Phi) is 3.15. The van der Waals surface area contributed by atoms with E-state index in [2.05, 4.69) is 0 Å². The molecule has 1 fully saturated rings. The van der Waals surface area contributed by atoms with Crippen LogP contribution in [0, 0.1) is 0 Å². The van der Waals surface area contributed by atoms with Crippen LogP contribution in [0.2, 0.25) is 0 Å². The number of nitrogens with two attached hydrogens (primary N) is 1. The van der Waals surface area contributed by atoms with Crippen LogP contribution in [0.5, 0.6) is 17.2 Å². The zero-order valence-corrected chi connectivity index (χ0v) is 10.3. The van der Waals surface area contributed by atoms with Gasteiger partial charge in [0.1, 0.15) is 0 Å². The van der Waals surface area contributed by atoms with Gasteiger partial charge in [0.2, 0.25) is 5.75 Å². The maximum atomic E-state index is 9.87. The van der Waals surface area contributed by atoms with Crippen LogP contribution < -0.4 is 15.2 Å². The Hall–Kier alpha value is -1.42. The fourth-order valence-corrected chi connectivity index (χ4v) is 1.96. The number of phenolic OH excluding ortho intramolecular Hbond substituents is 1. The summed E-state index contributed by atoms with van der Waals surface area (Å²) >= 11 is 0. The van der Waals surface area contributed by atoms with Crippen molar-refractivity contribution in [1.29, 1.82) is 0 Å². The van der Waals surface area contributed by atoms with Gasteiger partial charge in [0.15, 0.2) is 11.5 Å². The smallest absolute Gasteiger partial charge is 0.203 e. The van der Waals surface area contributed by atoms with Crippen molar-refractivity contribution in [3.8, 4) is 17.2 Å². The fraction of sp³-hybridized carbons (Fsp3) is 0.538. The quantitative estimate of drug-likeness (QED) is 0.820. The molecule has 0 aromatic heterocycles. The zero-order valence-electron chi connectivity index (χ0n) is 10.3. The minimum absolute atomic E-state index is 0.0789. The van der Waals surface area contributed by atoms with Crippen molar-refractivity contribution in [3.63, 3.8) is 0 Å². The van der Waals surface area contributed by atoms with E-state index in [1.54, 1.807) is 6.07 Å². The first-order valence-electron chi connectivity index (χ1n) is 5.89. The van der Waals surface area contributed by atoms with E-state index in [-0.39, 0.29) is 11.3 Å². The van der Waals surface area contributed by atoms with Crippen LogP contribution in [0.15, 0.2) is 12.1 Å². The maximum Gasteiger partial charge on any atom is 0.203 e. The third-order valence-corrected chi connectivity index (χ3v) is 3.05. The van der Waals surface area contributed by atoms with Crippen LogP contribution in [0.25, 0.3) is 0 Å². The molecule has 17 heavy (non-hydrogen) atoms. The number of rotatable bonds is 5. The van der Waals surface area contributed by atoms with Gasteiger partial charge in [-0.1, -0.05) is 0 Å². The van der Waals surface area contributed by atoms with Crippen molar-refractivity contribution >= 4 is 0 Å². The van der Waals surface area contributed by atoms with Crippen LogP contribution in [0.1, 0.15) is 25.3 Å². The standard InChI is InChI=1S/C13H19NO3/c1-3-17-11-7-9(8-13(14)4-5-13)6-10(15)12(11)16-2/h6-7,15H,3-5,8,14H2,1-2H3. The van der Waals surface area contributed by atoms with Gasteiger partial charge >= 0.3 is 0 Å². The largest absolute Gasteiger partial charge is 0.504 e.